The van der Waals surface area contributed by atoms with E-state index < -0.39 is 11.8 Å². The van der Waals surface area contributed by atoms with Crippen molar-refractivity contribution in [3.05, 3.63) is 70.8 Å². The number of halogens is 1. The van der Waals surface area contributed by atoms with E-state index in [1.165, 1.54) is 6.08 Å². The molecule has 9 heteroatoms. The minimum absolute atomic E-state index is 0.0713. The van der Waals surface area contributed by atoms with Gasteiger partial charge < -0.3 is 5.32 Å². The standard InChI is InChI=1S/C21H21ClN4O3S/c1-13(2)19(28)23-16-10-7-15(8-11-16)20(29)25-26-21(30)24-18(27)12-9-14-5-3-4-6-17(14)22/h3-13H,1-2H3,(H,23,28)(H,25,29)(H2,24,26,27,30)/b12-9+. The highest BCUT2D eigenvalue weighted by Crippen LogP contribution is 2.16. The van der Waals surface area contributed by atoms with E-state index >= 15 is 0 Å². The Labute approximate surface area is 184 Å². The lowest BCUT2D eigenvalue weighted by atomic mass is 10.1. The molecule has 2 rings (SSSR count). The SMILES string of the molecule is CC(C)C(=O)Nc1ccc(C(=O)NNC(=S)NC(=O)/C=C/c2ccccc2Cl)cc1. The average molecular weight is 445 g/mol. The Morgan fingerprint density at radius 1 is 1.00 bits per heavy atom. The van der Waals surface area contributed by atoms with Crippen molar-refractivity contribution < 1.29 is 14.4 Å². The zero-order valence-corrected chi connectivity index (χ0v) is 17.9. The maximum atomic E-state index is 12.2. The molecule has 0 unspecified atom stereocenters. The van der Waals surface area contributed by atoms with Crippen LogP contribution in [0.2, 0.25) is 5.02 Å². The molecule has 3 amide bonds. The maximum Gasteiger partial charge on any atom is 0.269 e. The number of nitrogens with one attached hydrogen (secondary N) is 4. The second kappa shape index (κ2) is 11.1. The van der Waals surface area contributed by atoms with Crippen molar-refractivity contribution in [2.75, 3.05) is 5.32 Å². The van der Waals surface area contributed by atoms with Crippen LogP contribution in [0, 0.1) is 5.92 Å². The number of carbonyl (C=O) groups excluding carboxylic acids is 3. The van der Waals surface area contributed by atoms with Crippen LogP contribution in [-0.4, -0.2) is 22.8 Å². The van der Waals surface area contributed by atoms with E-state index in [-0.39, 0.29) is 16.9 Å². The van der Waals surface area contributed by atoms with E-state index in [0.29, 0.717) is 21.8 Å². The van der Waals surface area contributed by atoms with Gasteiger partial charge in [-0.25, -0.2) is 0 Å². The summed E-state index contributed by atoms with van der Waals surface area (Å²) in [5, 5.41) is 5.59. The zero-order chi connectivity index (χ0) is 22.1. The van der Waals surface area contributed by atoms with Gasteiger partial charge in [-0.05, 0) is 54.2 Å². The van der Waals surface area contributed by atoms with Gasteiger partial charge in [0.15, 0.2) is 5.11 Å². The van der Waals surface area contributed by atoms with Gasteiger partial charge in [-0.15, -0.1) is 0 Å². The van der Waals surface area contributed by atoms with Crippen LogP contribution in [0.25, 0.3) is 6.08 Å². The number of carbonyl (C=O) groups is 3. The number of thiocarbonyl (C=S) groups is 1. The molecular formula is C21H21ClN4O3S. The fraction of sp³-hybridized carbons (Fsp3) is 0.143. The number of anilines is 1. The van der Waals surface area contributed by atoms with Crippen molar-refractivity contribution in [1.82, 2.24) is 16.2 Å². The van der Waals surface area contributed by atoms with Gasteiger partial charge in [-0.1, -0.05) is 43.6 Å². The van der Waals surface area contributed by atoms with Crippen LogP contribution in [0.5, 0.6) is 0 Å². The van der Waals surface area contributed by atoms with Crippen LogP contribution in [0.15, 0.2) is 54.6 Å². The molecule has 0 saturated carbocycles. The van der Waals surface area contributed by atoms with E-state index in [9.17, 15) is 14.4 Å². The first-order valence-electron chi connectivity index (χ1n) is 9.01. The van der Waals surface area contributed by atoms with Crippen molar-refractivity contribution in [2.24, 2.45) is 5.92 Å². The van der Waals surface area contributed by atoms with Crippen LogP contribution >= 0.6 is 23.8 Å². The number of rotatable bonds is 5. The minimum atomic E-state index is -0.480. The van der Waals surface area contributed by atoms with Crippen molar-refractivity contribution in [3.63, 3.8) is 0 Å². The number of hydrogen-bond acceptors (Lipinski definition) is 4. The molecule has 0 fully saturated rings. The molecule has 4 N–H and O–H groups in total. The van der Waals surface area contributed by atoms with Gasteiger partial charge in [0.2, 0.25) is 11.8 Å². The monoisotopic (exact) mass is 444 g/mol. The second-order valence-electron chi connectivity index (χ2n) is 6.47. The number of benzene rings is 2. The molecule has 156 valence electrons. The molecule has 0 saturated heterocycles. The van der Waals surface area contributed by atoms with E-state index in [1.807, 2.05) is 0 Å². The molecule has 2 aromatic carbocycles. The second-order valence-corrected chi connectivity index (χ2v) is 7.29. The molecule has 0 radical (unpaired) electrons. The van der Waals surface area contributed by atoms with Crippen molar-refractivity contribution >= 4 is 58.4 Å². The summed E-state index contributed by atoms with van der Waals surface area (Å²) in [6.45, 7) is 3.58. The summed E-state index contributed by atoms with van der Waals surface area (Å²) in [7, 11) is 0. The first-order chi connectivity index (χ1) is 14.3. The summed E-state index contributed by atoms with van der Waals surface area (Å²) < 4.78 is 0. The van der Waals surface area contributed by atoms with Crippen LogP contribution in [0.3, 0.4) is 0 Å². The molecule has 0 aliphatic heterocycles. The summed E-state index contributed by atoms with van der Waals surface area (Å²) in [5.74, 6) is -1.20. The molecule has 0 aliphatic rings. The van der Waals surface area contributed by atoms with Crippen LogP contribution < -0.4 is 21.5 Å². The molecule has 0 aliphatic carbocycles. The smallest absolute Gasteiger partial charge is 0.269 e. The molecule has 0 bridgehead atoms. The number of amides is 3. The van der Waals surface area contributed by atoms with Gasteiger partial charge in [0.25, 0.3) is 5.91 Å². The van der Waals surface area contributed by atoms with Gasteiger partial charge in [0.05, 0.1) is 0 Å². The highest BCUT2D eigenvalue weighted by molar-refractivity contribution is 7.80. The largest absolute Gasteiger partial charge is 0.326 e. The van der Waals surface area contributed by atoms with Gasteiger partial charge in [-0.2, -0.15) is 0 Å². The predicted octanol–water partition coefficient (Wildman–Crippen LogP) is 3.28. The van der Waals surface area contributed by atoms with Gasteiger partial charge in [0.1, 0.15) is 0 Å². The summed E-state index contributed by atoms with van der Waals surface area (Å²) in [4.78, 5) is 35.8. The molecular weight excluding hydrogens is 424 g/mol. The number of hydrazine groups is 1. The van der Waals surface area contributed by atoms with E-state index in [1.54, 1.807) is 68.5 Å². The van der Waals surface area contributed by atoms with Gasteiger partial charge >= 0.3 is 0 Å². The summed E-state index contributed by atoms with van der Waals surface area (Å²) in [6, 6.07) is 13.4. The quantitative estimate of drug-likeness (QED) is 0.322. The highest BCUT2D eigenvalue weighted by atomic mass is 35.5. The molecule has 30 heavy (non-hydrogen) atoms. The third-order valence-electron chi connectivity index (χ3n) is 3.78. The zero-order valence-electron chi connectivity index (χ0n) is 16.4. The fourth-order valence-electron chi connectivity index (χ4n) is 2.14. The maximum absolute atomic E-state index is 12.2. The predicted molar refractivity (Wildman–Crippen MR) is 122 cm³/mol. The van der Waals surface area contributed by atoms with E-state index in [4.69, 9.17) is 23.8 Å². The van der Waals surface area contributed by atoms with E-state index in [0.717, 1.165) is 0 Å². The Morgan fingerprint density at radius 3 is 2.30 bits per heavy atom. The molecule has 0 aromatic heterocycles. The van der Waals surface area contributed by atoms with Crippen molar-refractivity contribution in [3.8, 4) is 0 Å². The molecule has 7 nitrogen and oxygen atoms in total. The van der Waals surface area contributed by atoms with Crippen molar-refractivity contribution in [2.45, 2.75) is 13.8 Å². The molecule has 2 aromatic rings. The average Bonchev–Trinajstić information content (AvgIpc) is 2.72. The summed E-state index contributed by atoms with van der Waals surface area (Å²) in [5.41, 5.74) is 6.47. The Balaban J connectivity index is 1.81. The first-order valence-corrected chi connectivity index (χ1v) is 9.79. The van der Waals surface area contributed by atoms with Crippen LogP contribution in [-0.2, 0) is 9.59 Å². The minimum Gasteiger partial charge on any atom is -0.326 e. The van der Waals surface area contributed by atoms with E-state index in [2.05, 4.69) is 21.5 Å². The fourth-order valence-corrected chi connectivity index (χ4v) is 2.49. The highest BCUT2D eigenvalue weighted by Gasteiger charge is 2.09. The third-order valence-corrected chi connectivity index (χ3v) is 4.33. The summed E-state index contributed by atoms with van der Waals surface area (Å²) >= 11 is 11.0. The van der Waals surface area contributed by atoms with Gasteiger partial charge in [-0.3, -0.25) is 30.6 Å². The Morgan fingerprint density at radius 2 is 1.67 bits per heavy atom. The lowest BCUT2D eigenvalue weighted by Gasteiger charge is -2.11. The first kappa shape index (κ1) is 23.1. The van der Waals surface area contributed by atoms with Crippen LogP contribution in [0.1, 0.15) is 29.8 Å². The Hall–Kier alpha value is -3.23. The Kier molecular flexibility index (Phi) is 8.52. The Bertz CT molecular complexity index is 974. The summed E-state index contributed by atoms with van der Waals surface area (Å²) in [6.07, 6.45) is 2.83. The molecule has 0 atom stereocenters. The molecule has 0 spiro atoms. The third kappa shape index (κ3) is 7.31. The van der Waals surface area contributed by atoms with Crippen molar-refractivity contribution in [1.29, 1.82) is 0 Å². The molecule has 0 heterocycles. The normalized spacial score (nSPS) is 10.5. The lowest BCUT2D eigenvalue weighted by molar-refractivity contribution is -0.119. The van der Waals surface area contributed by atoms with Gasteiger partial charge in [0, 0.05) is 28.3 Å². The van der Waals surface area contributed by atoms with Crippen LogP contribution in [0.4, 0.5) is 5.69 Å². The lowest BCUT2D eigenvalue weighted by Crippen LogP contribution is -2.48. The topological polar surface area (TPSA) is 99.3 Å². The number of hydrogen-bond donors (Lipinski definition) is 4.